The molecule has 0 aliphatic carbocycles. The Morgan fingerprint density at radius 2 is 2.10 bits per heavy atom. The van der Waals surface area contributed by atoms with Crippen LogP contribution in [0.25, 0.3) is 16.6 Å². The first kappa shape index (κ1) is 21.3. The molecule has 0 saturated carbocycles. The van der Waals surface area contributed by atoms with Crippen molar-refractivity contribution in [1.82, 2.24) is 9.55 Å². The van der Waals surface area contributed by atoms with E-state index in [0.717, 1.165) is 19.3 Å². The van der Waals surface area contributed by atoms with E-state index in [2.05, 4.69) is 4.98 Å². The minimum absolute atomic E-state index is 0.174. The van der Waals surface area contributed by atoms with Crippen LogP contribution in [-0.2, 0) is 14.3 Å². The lowest BCUT2D eigenvalue weighted by molar-refractivity contribution is -0.172. The second-order valence-corrected chi connectivity index (χ2v) is 7.93. The van der Waals surface area contributed by atoms with Crippen LogP contribution in [0.3, 0.4) is 0 Å². The van der Waals surface area contributed by atoms with Gasteiger partial charge < -0.3 is 14.2 Å². The number of aryl methyl sites for hydroxylation is 1. The molecule has 1 aliphatic rings. The Labute approximate surface area is 184 Å². The van der Waals surface area contributed by atoms with Crippen LogP contribution < -0.4 is 10.3 Å². The molecule has 1 aromatic heterocycles. The normalized spacial score (nSPS) is 18.7. The van der Waals surface area contributed by atoms with Crippen molar-refractivity contribution in [2.75, 3.05) is 6.61 Å². The Bertz CT molecular complexity index is 1180. The van der Waals surface area contributed by atoms with Crippen molar-refractivity contribution in [2.45, 2.75) is 45.5 Å². The fraction of sp³-hybridized carbons (Fsp3) is 0.348. The van der Waals surface area contributed by atoms with E-state index < -0.39 is 6.29 Å². The van der Waals surface area contributed by atoms with E-state index in [-0.39, 0.29) is 24.2 Å². The molecule has 1 saturated heterocycles. The van der Waals surface area contributed by atoms with Crippen molar-refractivity contribution in [1.29, 1.82) is 0 Å². The van der Waals surface area contributed by atoms with Gasteiger partial charge in [0.2, 0.25) is 0 Å². The summed E-state index contributed by atoms with van der Waals surface area (Å²) in [5.41, 5.74) is 1.04. The molecule has 2 heterocycles. The van der Waals surface area contributed by atoms with Gasteiger partial charge in [-0.3, -0.25) is 14.2 Å². The summed E-state index contributed by atoms with van der Waals surface area (Å²) >= 11 is 6.04. The summed E-state index contributed by atoms with van der Waals surface area (Å²) in [4.78, 5) is 28.7. The summed E-state index contributed by atoms with van der Waals surface area (Å²) in [5.74, 6) is 0.803. The molecule has 4 rings (SSSR count). The van der Waals surface area contributed by atoms with E-state index in [4.69, 9.17) is 25.8 Å². The Balaban J connectivity index is 1.57. The van der Waals surface area contributed by atoms with Crippen LogP contribution in [0.2, 0.25) is 5.02 Å². The Hall–Kier alpha value is -2.90. The fourth-order valence-corrected chi connectivity index (χ4v) is 3.87. The number of esters is 1. The number of aromatic nitrogens is 2. The predicted molar refractivity (Wildman–Crippen MR) is 117 cm³/mol. The molecule has 0 bridgehead atoms. The number of carbonyl (C=O) groups excluding carboxylic acids is 1. The van der Waals surface area contributed by atoms with Crippen LogP contribution in [-0.4, -0.2) is 34.5 Å². The summed E-state index contributed by atoms with van der Waals surface area (Å²) in [6, 6.07) is 12.3. The number of hydrogen-bond acceptors (Lipinski definition) is 6. The van der Waals surface area contributed by atoms with E-state index in [9.17, 15) is 9.59 Å². The summed E-state index contributed by atoms with van der Waals surface area (Å²) in [6.45, 7) is 3.37. The lowest BCUT2D eigenvalue weighted by Gasteiger charge is -2.30. The van der Waals surface area contributed by atoms with Gasteiger partial charge in [0, 0.05) is 24.4 Å². The molecular weight excluding hydrogens is 420 g/mol. The van der Waals surface area contributed by atoms with Crippen LogP contribution in [0.1, 0.15) is 32.0 Å². The molecule has 0 spiro atoms. The smallest absolute Gasteiger partial charge is 0.302 e. The van der Waals surface area contributed by atoms with Crippen molar-refractivity contribution in [3.05, 3.63) is 63.7 Å². The first-order valence-electron chi connectivity index (χ1n) is 10.2. The highest BCUT2D eigenvalue weighted by Crippen LogP contribution is 2.25. The highest BCUT2D eigenvalue weighted by atomic mass is 35.5. The second kappa shape index (κ2) is 9.08. The minimum Gasteiger partial charge on any atom is -0.465 e. The number of carbonyl (C=O) groups is 1. The molecule has 0 N–H and O–H groups in total. The lowest BCUT2D eigenvalue weighted by Crippen LogP contribution is -2.34. The van der Waals surface area contributed by atoms with E-state index in [1.54, 1.807) is 35.8 Å². The van der Waals surface area contributed by atoms with Gasteiger partial charge in [-0.25, -0.2) is 4.98 Å². The van der Waals surface area contributed by atoms with Crippen LogP contribution in [0.15, 0.2) is 47.3 Å². The number of rotatable bonds is 5. The summed E-state index contributed by atoms with van der Waals surface area (Å²) in [6.07, 6.45) is 1.82. The number of nitrogens with zero attached hydrogens (tertiary/aromatic N) is 2. The van der Waals surface area contributed by atoms with E-state index >= 15 is 0 Å². The first-order valence-corrected chi connectivity index (χ1v) is 10.5. The number of benzene rings is 2. The maximum Gasteiger partial charge on any atom is 0.302 e. The third-order valence-electron chi connectivity index (χ3n) is 5.13. The molecule has 0 amide bonds. The van der Waals surface area contributed by atoms with Crippen LogP contribution in [0.5, 0.6) is 5.75 Å². The molecular formula is C23H23ClN2O5. The Kier molecular flexibility index (Phi) is 6.25. The standard InChI is InChI=1S/C23H23ClN2O5/c1-14-25-21-11-16(24)9-10-20(21)23(28)26(14)17-5-3-6-18(12-17)30-22-8-4-7-19(31-22)13-29-15(2)27/h3,5-6,9-12,19,22H,4,7-8,13H2,1-2H3/t19-,22+/m0/s1. The maximum absolute atomic E-state index is 13.1. The van der Waals surface area contributed by atoms with Crippen LogP contribution >= 0.6 is 11.6 Å². The van der Waals surface area contributed by atoms with Crippen molar-refractivity contribution in [3.8, 4) is 11.4 Å². The van der Waals surface area contributed by atoms with Gasteiger partial charge in [-0.2, -0.15) is 0 Å². The molecule has 0 unspecified atom stereocenters. The maximum atomic E-state index is 13.1. The van der Waals surface area contributed by atoms with Gasteiger partial charge >= 0.3 is 5.97 Å². The van der Waals surface area contributed by atoms with E-state index in [1.807, 2.05) is 18.2 Å². The molecule has 3 aromatic rings. The van der Waals surface area contributed by atoms with Crippen LogP contribution in [0, 0.1) is 6.92 Å². The van der Waals surface area contributed by atoms with Gasteiger partial charge in [0.25, 0.3) is 5.56 Å². The molecule has 8 heteroatoms. The van der Waals surface area contributed by atoms with E-state index in [0.29, 0.717) is 33.2 Å². The molecule has 162 valence electrons. The first-order chi connectivity index (χ1) is 14.9. The van der Waals surface area contributed by atoms with Gasteiger partial charge in [-0.05, 0) is 50.1 Å². The molecule has 2 atom stereocenters. The fourth-order valence-electron chi connectivity index (χ4n) is 3.70. The molecule has 31 heavy (non-hydrogen) atoms. The van der Waals surface area contributed by atoms with Crippen LogP contribution in [0.4, 0.5) is 0 Å². The average molecular weight is 443 g/mol. The van der Waals surface area contributed by atoms with Crippen molar-refractivity contribution in [3.63, 3.8) is 0 Å². The van der Waals surface area contributed by atoms with Gasteiger partial charge in [-0.15, -0.1) is 0 Å². The highest BCUT2D eigenvalue weighted by Gasteiger charge is 2.24. The largest absolute Gasteiger partial charge is 0.465 e. The zero-order chi connectivity index (χ0) is 22.0. The molecule has 1 fully saturated rings. The average Bonchev–Trinajstić information content (AvgIpc) is 2.72. The predicted octanol–water partition coefficient (Wildman–Crippen LogP) is 4.18. The summed E-state index contributed by atoms with van der Waals surface area (Å²) in [5, 5.41) is 1.02. The lowest BCUT2D eigenvalue weighted by atomic mass is 10.1. The number of halogens is 1. The van der Waals surface area contributed by atoms with Crippen molar-refractivity contribution >= 4 is 28.5 Å². The SMILES string of the molecule is CC(=O)OC[C@@H]1CCC[C@H](Oc2cccc(-n3c(C)nc4cc(Cl)ccc4c3=O)c2)O1. The monoisotopic (exact) mass is 442 g/mol. The molecule has 1 aliphatic heterocycles. The van der Waals surface area contributed by atoms with Crippen molar-refractivity contribution in [2.24, 2.45) is 0 Å². The van der Waals surface area contributed by atoms with Gasteiger partial charge in [0.15, 0.2) is 6.29 Å². The number of hydrogen-bond donors (Lipinski definition) is 0. The van der Waals surface area contributed by atoms with Gasteiger partial charge in [-0.1, -0.05) is 17.7 Å². The third kappa shape index (κ3) is 4.89. The number of fused-ring (bicyclic) bond motifs is 1. The van der Waals surface area contributed by atoms with E-state index in [1.165, 1.54) is 6.92 Å². The van der Waals surface area contributed by atoms with Crippen molar-refractivity contribution < 1.29 is 19.0 Å². The van der Waals surface area contributed by atoms with Gasteiger partial charge in [0.1, 0.15) is 18.2 Å². The quantitative estimate of drug-likeness (QED) is 0.551. The molecule has 2 aromatic carbocycles. The Morgan fingerprint density at radius 3 is 2.90 bits per heavy atom. The zero-order valence-corrected chi connectivity index (χ0v) is 18.1. The Morgan fingerprint density at radius 1 is 1.26 bits per heavy atom. The minimum atomic E-state index is -0.445. The molecule has 0 radical (unpaired) electrons. The van der Waals surface area contributed by atoms with Gasteiger partial charge in [0.05, 0.1) is 22.7 Å². The topological polar surface area (TPSA) is 79.7 Å². The second-order valence-electron chi connectivity index (χ2n) is 7.50. The zero-order valence-electron chi connectivity index (χ0n) is 17.3. The molecule has 7 nitrogen and oxygen atoms in total. The summed E-state index contributed by atoms with van der Waals surface area (Å²) in [7, 11) is 0. The third-order valence-corrected chi connectivity index (χ3v) is 5.36. The number of ether oxygens (including phenoxy) is 3. The highest BCUT2D eigenvalue weighted by molar-refractivity contribution is 6.31. The summed E-state index contributed by atoms with van der Waals surface area (Å²) < 4.78 is 18.5.